The Labute approximate surface area is 118 Å². The van der Waals surface area contributed by atoms with Gasteiger partial charge in [-0.15, -0.1) is 5.10 Å². The summed E-state index contributed by atoms with van der Waals surface area (Å²) in [5.41, 5.74) is 0. The lowest BCUT2D eigenvalue weighted by atomic mass is 10.00. The van der Waals surface area contributed by atoms with Crippen molar-refractivity contribution in [1.82, 2.24) is 14.8 Å². The minimum Gasteiger partial charge on any atom is -0.376 e. The first-order valence-electron chi connectivity index (χ1n) is 7.26. The van der Waals surface area contributed by atoms with E-state index in [1.54, 1.807) is 0 Å². The Morgan fingerprint density at radius 3 is 2.84 bits per heavy atom. The Hall–Kier alpha value is -0.880. The zero-order valence-electron chi connectivity index (χ0n) is 11.5. The number of anilines is 1. The summed E-state index contributed by atoms with van der Waals surface area (Å²) in [6.07, 6.45) is 5.06. The van der Waals surface area contributed by atoms with E-state index in [-0.39, 0.29) is 0 Å². The molecule has 3 rings (SSSR count). The highest BCUT2D eigenvalue weighted by atomic mass is 32.1. The van der Waals surface area contributed by atoms with Crippen molar-refractivity contribution in [3.8, 4) is 0 Å². The van der Waals surface area contributed by atoms with E-state index in [0.717, 1.165) is 50.9 Å². The second kappa shape index (κ2) is 5.63. The molecule has 0 aromatic carbocycles. The van der Waals surface area contributed by atoms with E-state index < -0.39 is 0 Å². The number of aromatic nitrogens is 3. The lowest BCUT2D eigenvalue weighted by molar-refractivity contribution is 0.0968. The lowest BCUT2D eigenvalue weighted by Crippen LogP contribution is -2.35. The molecule has 2 fully saturated rings. The number of aromatic amines is 1. The summed E-state index contributed by atoms with van der Waals surface area (Å²) in [6, 6.07) is 0. The maximum atomic E-state index is 5.71. The smallest absolute Gasteiger partial charge is 0.225 e. The summed E-state index contributed by atoms with van der Waals surface area (Å²) in [4.78, 5) is 2.35. The van der Waals surface area contributed by atoms with Crippen LogP contribution in [0.4, 0.5) is 5.95 Å². The molecule has 0 bridgehead atoms. The largest absolute Gasteiger partial charge is 0.376 e. The molecule has 1 atom stereocenters. The second-order valence-corrected chi connectivity index (χ2v) is 6.13. The van der Waals surface area contributed by atoms with E-state index in [2.05, 4.69) is 26.6 Å². The zero-order valence-corrected chi connectivity index (χ0v) is 12.3. The molecule has 0 saturated carbocycles. The average molecular weight is 282 g/mol. The number of piperidine rings is 1. The maximum Gasteiger partial charge on any atom is 0.225 e. The Balaban J connectivity index is 1.75. The standard InChI is InChI=1S/C13H22N4OS/c1-10-4-6-16(7-5-10)12-14-15-13(19)17(12)9-11-3-2-8-18-11/h10-11H,2-9H2,1H3,(H,15,19)/t11-/m1/s1. The molecule has 1 N–H and O–H groups in total. The third kappa shape index (κ3) is 2.84. The van der Waals surface area contributed by atoms with Gasteiger partial charge in [-0.2, -0.15) is 0 Å². The van der Waals surface area contributed by atoms with Gasteiger partial charge < -0.3 is 9.64 Å². The van der Waals surface area contributed by atoms with Crippen molar-refractivity contribution in [2.45, 2.75) is 45.3 Å². The minimum absolute atomic E-state index is 0.298. The summed E-state index contributed by atoms with van der Waals surface area (Å²) < 4.78 is 8.54. The molecule has 0 radical (unpaired) electrons. The molecule has 3 heterocycles. The van der Waals surface area contributed by atoms with Gasteiger partial charge in [-0.05, 0) is 43.8 Å². The number of nitrogens with one attached hydrogen (secondary N) is 1. The third-order valence-corrected chi connectivity index (χ3v) is 4.53. The molecule has 0 aliphatic carbocycles. The van der Waals surface area contributed by atoms with Crippen molar-refractivity contribution in [1.29, 1.82) is 0 Å². The molecule has 1 aromatic rings. The van der Waals surface area contributed by atoms with Gasteiger partial charge in [0.1, 0.15) is 0 Å². The highest BCUT2D eigenvalue weighted by Gasteiger charge is 2.23. The van der Waals surface area contributed by atoms with Crippen LogP contribution in [-0.2, 0) is 11.3 Å². The molecule has 0 spiro atoms. The molecule has 0 amide bonds. The summed E-state index contributed by atoms with van der Waals surface area (Å²) in [6.45, 7) is 6.18. The number of ether oxygens (including phenoxy) is 1. The van der Waals surface area contributed by atoms with Crippen LogP contribution in [0.5, 0.6) is 0 Å². The molecule has 5 nitrogen and oxygen atoms in total. The quantitative estimate of drug-likeness (QED) is 0.865. The van der Waals surface area contributed by atoms with Gasteiger partial charge in [-0.1, -0.05) is 6.92 Å². The zero-order chi connectivity index (χ0) is 13.2. The summed E-state index contributed by atoms with van der Waals surface area (Å²) >= 11 is 5.36. The molecule has 1 aromatic heterocycles. The third-order valence-electron chi connectivity index (χ3n) is 4.21. The van der Waals surface area contributed by atoms with E-state index in [0.29, 0.717) is 10.9 Å². The Bertz CT molecular complexity index is 469. The first-order chi connectivity index (χ1) is 9.24. The highest BCUT2D eigenvalue weighted by molar-refractivity contribution is 7.71. The van der Waals surface area contributed by atoms with Gasteiger partial charge in [0.25, 0.3) is 0 Å². The van der Waals surface area contributed by atoms with Crippen molar-refractivity contribution in [2.75, 3.05) is 24.6 Å². The Morgan fingerprint density at radius 2 is 2.16 bits per heavy atom. The van der Waals surface area contributed by atoms with E-state index in [9.17, 15) is 0 Å². The van der Waals surface area contributed by atoms with Crippen LogP contribution in [0.2, 0.25) is 0 Å². The van der Waals surface area contributed by atoms with Crippen LogP contribution in [0.25, 0.3) is 0 Å². The molecular formula is C13H22N4OS. The molecular weight excluding hydrogens is 260 g/mol. The number of hydrogen-bond donors (Lipinski definition) is 1. The fraction of sp³-hybridized carbons (Fsp3) is 0.846. The van der Waals surface area contributed by atoms with Crippen LogP contribution in [-0.4, -0.2) is 40.6 Å². The monoisotopic (exact) mass is 282 g/mol. The molecule has 2 aliphatic heterocycles. The van der Waals surface area contributed by atoms with Crippen LogP contribution < -0.4 is 4.90 Å². The van der Waals surface area contributed by atoms with Crippen molar-refractivity contribution >= 4 is 18.2 Å². The van der Waals surface area contributed by atoms with Gasteiger partial charge in [0.05, 0.1) is 12.6 Å². The van der Waals surface area contributed by atoms with Gasteiger partial charge in [-0.3, -0.25) is 4.57 Å². The van der Waals surface area contributed by atoms with Gasteiger partial charge >= 0.3 is 0 Å². The van der Waals surface area contributed by atoms with Crippen LogP contribution in [0.15, 0.2) is 0 Å². The molecule has 0 unspecified atom stereocenters. The van der Waals surface area contributed by atoms with Gasteiger partial charge in [0.2, 0.25) is 5.95 Å². The second-order valence-electron chi connectivity index (χ2n) is 5.74. The van der Waals surface area contributed by atoms with Crippen LogP contribution in [0, 0.1) is 10.7 Å². The van der Waals surface area contributed by atoms with Crippen molar-refractivity contribution in [2.24, 2.45) is 5.92 Å². The summed E-state index contributed by atoms with van der Waals surface area (Å²) in [5.74, 6) is 1.82. The SMILES string of the molecule is CC1CCN(c2n[nH]c(=S)n2C[C@H]2CCCO2)CC1. The summed E-state index contributed by atoms with van der Waals surface area (Å²) in [7, 11) is 0. The first kappa shape index (κ1) is 13.1. The predicted octanol–water partition coefficient (Wildman–Crippen LogP) is 2.36. The van der Waals surface area contributed by atoms with Crippen LogP contribution >= 0.6 is 12.2 Å². The highest BCUT2D eigenvalue weighted by Crippen LogP contribution is 2.23. The molecule has 2 aliphatic rings. The van der Waals surface area contributed by atoms with Crippen molar-refractivity contribution in [3.63, 3.8) is 0 Å². The Kier molecular flexibility index (Phi) is 3.88. The topological polar surface area (TPSA) is 46.1 Å². The van der Waals surface area contributed by atoms with Crippen molar-refractivity contribution in [3.05, 3.63) is 4.77 Å². The summed E-state index contributed by atoms with van der Waals surface area (Å²) in [5, 5.41) is 7.36. The Morgan fingerprint density at radius 1 is 1.37 bits per heavy atom. The lowest BCUT2D eigenvalue weighted by Gasteiger charge is -2.31. The van der Waals surface area contributed by atoms with E-state index in [4.69, 9.17) is 17.0 Å². The fourth-order valence-corrected chi connectivity index (χ4v) is 3.12. The van der Waals surface area contributed by atoms with Crippen molar-refractivity contribution < 1.29 is 4.74 Å². The first-order valence-corrected chi connectivity index (χ1v) is 7.66. The molecule has 106 valence electrons. The number of hydrogen-bond acceptors (Lipinski definition) is 4. The van der Waals surface area contributed by atoms with E-state index >= 15 is 0 Å². The molecule has 19 heavy (non-hydrogen) atoms. The fourth-order valence-electron chi connectivity index (χ4n) is 2.92. The molecule has 6 heteroatoms. The average Bonchev–Trinajstić information content (AvgIpc) is 3.03. The number of H-pyrrole nitrogens is 1. The van der Waals surface area contributed by atoms with Crippen LogP contribution in [0.1, 0.15) is 32.6 Å². The maximum absolute atomic E-state index is 5.71. The van der Waals surface area contributed by atoms with E-state index in [1.165, 1.54) is 12.8 Å². The van der Waals surface area contributed by atoms with Crippen LogP contribution in [0.3, 0.4) is 0 Å². The normalized spacial score (nSPS) is 25.1. The van der Waals surface area contributed by atoms with Gasteiger partial charge in [0.15, 0.2) is 4.77 Å². The molecule has 2 saturated heterocycles. The number of nitrogens with zero attached hydrogens (tertiary/aromatic N) is 3. The number of rotatable bonds is 3. The van der Waals surface area contributed by atoms with Gasteiger partial charge in [0, 0.05) is 19.7 Å². The van der Waals surface area contributed by atoms with Gasteiger partial charge in [-0.25, -0.2) is 5.10 Å². The predicted molar refractivity (Wildman–Crippen MR) is 77.0 cm³/mol. The van der Waals surface area contributed by atoms with E-state index in [1.807, 2.05) is 0 Å². The minimum atomic E-state index is 0.298.